The molecule has 0 spiro atoms. The molecule has 0 unspecified atom stereocenters. The summed E-state index contributed by atoms with van der Waals surface area (Å²) in [6.07, 6.45) is 3.94. The minimum absolute atomic E-state index is 0.184. The third kappa shape index (κ3) is 3.54. The molecular formula is C10H15ClN4O2S. The molecular weight excluding hydrogens is 276 g/mol. The molecule has 0 saturated carbocycles. The molecule has 1 aromatic rings. The summed E-state index contributed by atoms with van der Waals surface area (Å²) < 4.78 is 28.1. The lowest BCUT2D eigenvalue weighted by Gasteiger charge is -2.20. The Bertz CT molecular complexity index is 483. The summed E-state index contributed by atoms with van der Waals surface area (Å²) in [4.78, 5) is 0. The van der Waals surface area contributed by atoms with Crippen molar-refractivity contribution in [3.8, 4) is 0 Å². The van der Waals surface area contributed by atoms with Crippen LogP contribution in [0.3, 0.4) is 0 Å². The Balaban J connectivity index is 2.08. The number of rotatable bonds is 3. The fourth-order valence-corrected chi connectivity index (χ4v) is 3.19. The summed E-state index contributed by atoms with van der Waals surface area (Å²) in [5.41, 5.74) is 0. The fraction of sp³-hybridized carbons (Fsp3) is 0.600. The molecule has 100 valence electrons. The highest BCUT2D eigenvalue weighted by Gasteiger charge is 2.23. The Kier molecular flexibility index (Phi) is 4.36. The van der Waals surface area contributed by atoms with Crippen molar-refractivity contribution in [3.05, 3.63) is 17.3 Å². The summed E-state index contributed by atoms with van der Waals surface area (Å²) in [6, 6.07) is 2.99. The Morgan fingerprint density at radius 3 is 2.33 bits per heavy atom. The fourth-order valence-electron chi connectivity index (χ4n) is 1.85. The molecule has 0 aromatic carbocycles. The van der Waals surface area contributed by atoms with Crippen molar-refractivity contribution in [2.24, 2.45) is 0 Å². The summed E-state index contributed by atoms with van der Waals surface area (Å²) >= 11 is 5.59. The van der Waals surface area contributed by atoms with Gasteiger partial charge < -0.3 is 0 Å². The van der Waals surface area contributed by atoms with E-state index < -0.39 is 10.2 Å². The van der Waals surface area contributed by atoms with Gasteiger partial charge in [-0.25, -0.2) is 0 Å². The van der Waals surface area contributed by atoms with Gasteiger partial charge in [-0.1, -0.05) is 24.4 Å². The third-order valence-corrected chi connectivity index (χ3v) is 4.48. The van der Waals surface area contributed by atoms with Crippen LogP contribution in [-0.2, 0) is 10.2 Å². The van der Waals surface area contributed by atoms with Gasteiger partial charge in [0, 0.05) is 13.1 Å². The number of anilines is 1. The molecule has 1 aliphatic heterocycles. The van der Waals surface area contributed by atoms with Crippen molar-refractivity contribution in [1.82, 2.24) is 14.5 Å². The highest BCUT2D eigenvalue weighted by Crippen LogP contribution is 2.15. The van der Waals surface area contributed by atoms with Crippen molar-refractivity contribution in [1.29, 1.82) is 0 Å². The molecule has 1 fully saturated rings. The summed E-state index contributed by atoms with van der Waals surface area (Å²) in [5, 5.41) is 7.51. The van der Waals surface area contributed by atoms with Crippen LogP contribution in [0.5, 0.6) is 0 Å². The van der Waals surface area contributed by atoms with E-state index in [1.807, 2.05) is 0 Å². The molecule has 8 heteroatoms. The van der Waals surface area contributed by atoms with Gasteiger partial charge in [0.1, 0.15) is 0 Å². The quantitative estimate of drug-likeness (QED) is 0.919. The number of aromatic nitrogens is 2. The standard InChI is InChI=1S/C10H15ClN4O2S/c11-9-5-6-10(13-12-9)14-18(16,17)15-7-3-1-2-4-8-15/h5-6H,1-4,7-8H2,(H,13,14). The van der Waals surface area contributed by atoms with E-state index in [2.05, 4.69) is 14.9 Å². The number of halogens is 1. The van der Waals surface area contributed by atoms with Crippen LogP contribution < -0.4 is 4.72 Å². The topological polar surface area (TPSA) is 75.2 Å². The minimum atomic E-state index is -3.53. The van der Waals surface area contributed by atoms with Gasteiger partial charge in [0.15, 0.2) is 11.0 Å². The number of hydrogen-bond acceptors (Lipinski definition) is 4. The van der Waals surface area contributed by atoms with E-state index in [4.69, 9.17) is 11.6 Å². The molecule has 18 heavy (non-hydrogen) atoms. The van der Waals surface area contributed by atoms with Crippen molar-refractivity contribution in [2.75, 3.05) is 17.8 Å². The van der Waals surface area contributed by atoms with E-state index in [-0.39, 0.29) is 11.0 Å². The smallest absolute Gasteiger partial charge is 0.253 e. The SMILES string of the molecule is O=S(=O)(Nc1ccc(Cl)nn1)N1CCCCCC1. The van der Waals surface area contributed by atoms with E-state index >= 15 is 0 Å². The minimum Gasteiger partial charge on any atom is -0.253 e. The monoisotopic (exact) mass is 290 g/mol. The number of nitrogens with one attached hydrogen (secondary N) is 1. The Labute approximate surface area is 112 Å². The first-order chi connectivity index (χ1) is 8.58. The van der Waals surface area contributed by atoms with E-state index in [0.29, 0.717) is 13.1 Å². The Morgan fingerprint density at radius 1 is 1.11 bits per heavy atom. The summed E-state index contributed by atoms with van der Waals surface area (Å²) in [5.74, 6) is 0.184. The van der Waals surface area contributed by atoms with Gasteiger partial charge in [-0.2, -0.15) is 12.7 Å². The molecule has 1 aliphatic rings. The molecule has 1 aromatic heterocycles. The van der Waals surface area contributed by atoms with Crippen LogP contribution in [0.25, 0.3) is 0 Å². The predicted molar refractivity (Wildman–Crippen MR) is 69.6 cm³/mol. The molecule has 0 amide bonds. The van der Waals surface area contributed by atoms with Crippen molar-refractivity contribution < 1.29 is 8.42 Å². The third-order valence-electron chi connectivity index (χ3n) is 2.77. The van der Waals surface area contributed by atoms with Crippen LogP contribution in [0.1, 0.15) is 25.7 Å². The molecule has 0 aliphatic carbocycles. The Hall–Kier alpha value is -0.920. The lowest BCUT2D eigenvalue weighted by Crippen LogP contribution is -2.36. The zero-order valence-corrected chi connectivity index (χ0v) is 11.4. The highest BCUT2D eigenvalue weighted by molar-refractivity contribution is 7.90. The van der Waals surface area contributed by atoms with Gasteiger partial charge in [0.2, 0.25) is 0 Å². The molecule has 1 N–H and O–H groups in total. The second-order valence-electron chi connectivity index (χ2n) is 4.16. The summed E-state index contributed by atoms with van der Waals surface area (Å²) in [6.45, 7) is 1.10. The van der Waals surface area contributed by atoms with Crippen molar-refractivity contribution in [3.63, 3.8) is 0 Å². The largest absolute Gasteiger partial charge is 0.302 e. The van der Waals surface area contributed by atoms with Crippen LogP contribution in [0, 0.1) is 0 Å². The predicted octanol–water partition coefficient (Wildman–Crippen LogP) is 1.66. The van der Waals surface area contributed by atoms with Gasteiger partial charge in [0.05, 0.1) is 0 Å². The number of nitrogens with zero attached hydrogens (tertiary/aromatic N) is 3. The molecule has 0 atom stereocenters. The van der Waals surface area contributed by atoms with E-state index in [0.717, 1.165) is 25.7 Å². The highest BCUT2D eigenvalue weighted by atomic mass is 35.5. The van der Waals surface area contributed by atoms with E-state index in [1.54, 1.807) is 0 Å². The first kappa shape index (κ1) is 13.5. The van der Waals surface area contributed by atoms with Gasteiger partial charge in [-0.15, -0.1) is 10.2 Å². The maximum atomic E-state index is 12.1. The van der Waals surface area contributed by atoms with Crippen LogP contribution in [0.4, 0.5) is 5.82 Å². The van der Waals surface area contributed by atoms with Crippen LogP contribution in [-0.4, -0.2) is 36.0 Å². The average molecular weight is 291 g/mol. The zero-order valence-electron chi connectivity index (χ0n) is 9.84. The maximum absolute atomic E-state index is 12.1. The van der Waals surface area contributed by atoms with Crippen molar-refractivity contribution in [2.45, 2.75) is 25.7 Å². The van der Waals surface area contributed by atoms with Gasteiger partial charge >= 0.3 is 10.2 Å². The van der Waals surface area contributed by atoms with Crippen LogP contribution in [0.15, 0.2) is 12.1 Å². The molecule has 2 heterocycles. The molecule has 0 bridgehead atoms. The van der Waals surface area contributed by atoms with E-state index in [9.17, 15) is 8.42 Å². The average Bonchev–Trinajstić information content (AvgIpc) is 2.61. The Morgan fingerprint density at radius 2 is 1.78 bits per heavy atom. The maximum Gasteiger partial charge on any atom is 0.302 e. The first-order valence-corrected chi connectivity index (χ1v) is 7.67. The first-order valence-electron chi connectivity index (χ1n) is 5.85. The zero-order chi connectivity index (χ0) is 13.0. The molecule has 0 radical (unpaired) electrons. The van der Waals surface area contributed by atoms with Crippen LogP contribution in [0.2, 0.25) is 5.15 Å². The second-order valence-corrected chi connectivity index (χ2v) is 6.22. The molecule has 2 rings (SSSR count). The molecule has 6 nitrogen and oxygen atoms in total. The molecule has 1 saturated heterocycles. The van der Waals surface area contributed by atoms with E-state index in [1.165, 1.54) is 16.4 Å². The van der Waals surface area contributed by atoms with Crippen molar-refractivity contribution >= 4 is 27.6 Å². The van der Waals surface area contributed by atoms with Gasteiger partial charge in [0.25, 0.3) is 0 Å². The van der Waals surface area contributed by atoms with Gasteiger partial charge in [-0.3, -0.25) is 4.72 Å². The lowest BCUT2D eigenvalue weighted by molar-refractivity contribution is 0.427. The van der Waals surface area contributed by atoms with Gasteiger partial charge in [-0.05, 0) is 25.0 Å². The number of hydrogen-bond donors (Lipinski definition) is 1. The normalized spacial score (nSPS) is 18.3. The van der Waals surface area contributed by atoms with Crippen LogP contribution >= 0.6 is 11.6 Å². The lowest BCUT2D eigenvalue weighted by atomic mass is 10.2. The second kappa shape index (κ2) is 5.81. The summed E-state index contributed by atoms with van der Waals surface area (Å²) in [7, 11) is -3.53.